The van der Waals surface area contributed by atoms with E-state index < -0.39 is 0 Å². The largest absolute Gasteiger partial charge is 0.496 e. The first kappa shape index (κ1) is 29.4. The molecule has 8 heteroatoms. The summed E-state index contributed by atoms with van der Waals surface area (Å²) >= 11 is 6.31. The Balaban J connectivity index is 1.81. The van der Waals surface area contributed by atoms with Crippen molar-refractivity contribution in [3.63, 3.8) is 0 Å². The van der Waals surface area contributed by atoms with Gasteiger partial charge in [-0.2, -0.15) is 0 Å². The van der Waals surface area contributed by atoms with Gasteiger partial charge in [-0.3, -0.25) is 4.79 Å². The number of hydrogen-bond donors (Lipinski definition) is 0. The summed E-state index contributed by atoms with van der Waals surface area (Å²) < 4.78 is 29.1. The van der Waals surface area contributed by atoms with E-state index >= 15 is 0 Å². The number of nitrogens with zero attached hydrogens (tertiary/aromatic N) is 1. The van der Waals surface area contributed by atoms with E-state index in [1.165, 1.54) is 0 Å². The number of fused-ring (bicyclic) bond motifs is 1. The molecular weight excluding hydrogens is 530 g/mol. The van der Waals surface area contributed by atoms with Gasteiger partial charge in [-0.05, 0) is 99.7 Å². The van der Waals surface area contributed by atoms with E-state index in [9.17, 15) is 4.79 Å². The highest BCUT2D eigenvalue weighted by Gasteiger charge is 2.34. The Morgan fingerprint density at radius 2 is 1.40 bits per heavy atom. The lowest BCUT2D eigenvalue weighted by Crippen LogP contribution is -2.41. The smallest absolute Gasteiger partial charge is 0.258 e. The molecule has 0 N–H and O–H groups in total. The summed E-state index contributed by atoms with van der Waals surface area (Å²) in [6.45, 7) is 10.4. The van der Waals surface area contributed by atoms with Crippen molar-refractivity contribution in [1.29, 1.82) is 0 Å². The van der Waals surface area contributed by atoms with E-state index in [1.54, 1.807) is 25.3 Å². The zero-order valence-electron chi connectivity index (χ0n) is 23.9. The van der Waals surface area contributed by atoms with Crippen LogP contribution in [0.25, 0.3) is 0 Å². The molecule has 3 aromatic carbocycles. The molecule has 40 heavy (non-hydrogen) atoms. The van der Waals surface area contributed by atoms with Crippen LogP contribution < -0.4 is 23.7 Å². The minimum Gasteiger partial charge on any atom is -0.496 e. The van der Waals surface area contributed by atoms with Crippen LogP contribution in [0, 0.1) is 0 Å². The van der Waals surface area contributed by atoms with Crippen LogP contribution in [0.2, 0.25) is 5.02 Å². The molecular formula is C32H38ClNO6. The number of benzene rings is 3. The lowest BCUT2D eigenvalue weighted by Gasteiger charge is -2.38. The van der Waals surface area contributed by atoms with Gasteiger partial charge in [0.15, 0.2) is 23.0 Å². The highest BCUT2D eigenvalue weighted by atomic mass is 35.5. The second kappa shape index (κ2) is 13.7. The molecule has 1 amide bonds. The molecule has 7 nitrogen and oxygen atoms in total. The molecule has 1 aliphatic heterocycles. The Labute approximate surface area is 241 Å². The Morgan fingerprint density at radius 1 is 0.800 bits per heavy atom. The van der Waals surface area contributed by atoms with Crippen LogP contribution in [0.3, 0.4) is 0 Å². The van der Waals surface area contributed by atoms with Crippen molar-refractivity contribution in [2.75, 3.05) is 40.1 Å². The van der Waals surface area contributed by atoms with E-state index in [-0.39, 0.29) is 11.9 Å². The number of ether oxygens (including phenoxy) is 5. The van der Waals surface area contributed by atoms with Crippen molar-refractivity contribution >= 4 is 17.5 Å². The minimum absolute atomic E-state index is 0.141. The van der Waals surface area contributed by atoms with Crippen LogP contribution in [-0.4, -0.2) is 50.9 Å². The third-order valence-electron chi connectivity index (χ3n) is 6.85. The number of rotatable bonds is 12. The third kappa shape index (κ3) is 6.41. The molecule has 0 saturated heterocycles. The molecule has 0 spiro atoms. The molecule has 0 aliphatic carbocycles. The highest BCUT2D eigenvalue weighted by molar-refractivity contribution is 6.31. The average molecular weight is 568 g/mol. The second-order valence-electron chi connectivity index (χ2n) is 9.32. The summed E-state index contributed by atoms with van der Waals surface area (Å²) in [5.74, 6) is 3.13. The molecule has 0 aromatic heterocycles. The number of halogens is 1. The van der Waals surface area contributed by atoms with Gasteiger partial charge in [0.1, 0.15) is 5.75 Å². The average Bonchev–Trinajstić information content (AvgIpc) is 2.95. The maximum Gasteiger partial charge on any atom is 0.258 e. The number of amides is 1. The van der Waals surface area contributed by atoms with Crippen LogP contribution >= 0.6 is 11.6 Å². The monoisotopic (exact) mass is 567 g/mol. The molecule has 0 bridgehead atoms. The van der Waals surface area contributed by atoms with E-state index in [0.717, 1.165) is 22.4 Å². The normalized spacial score (nSPS) is 14.3. The first-order chi connectivity index (χ1) is 19.4. The fourth-order valence-electron chi connectivity index (χ4n) is 5.16. The number of methoxy groups -OCH3 is 1. The standard InChI is InChI=1S/C32H38ClNO6/c1-6-37-28-12-10-21(17-29(28)38-7-2)16-26-24-20-31(40-9-4)30(39-8-3)18-22(24)14-15-34(26)32(35)25-19-23(33)11-13-27(25)36-5/h10-13,17-20,26H,6-9,14-16H2,1-5H3/t26-/m1/s1. The molecule has 1 heterocycles. The first-order valence-corrected chi connectivity index (χ1v) is 14.3. The van der Waals surface area contributed by atoms with Crippen molar-refractivity contribution in [2.45, 2.75) is 46.6 Å². The van der Waals surface area contributed by atoms with Gasteiger partial charge >= 0.3 is 0 Å². The lowest BCUT2D eigenvalue weighted by molar-refractivity contribution is 0.0656. The van der Waals surface area contributed by atoms with Crippen molar-refractivity contribution in [1.82, 2.24) is 4.90 Å². The van der Waals surface area contributed by atoms with Crippen LogP contribution in [0.15, 0.2) is 48.5 Å². The predicted molar refractivity (Wildman–Crippen MR) is 157 cm³/mol. The minimum atomic E-state index is -0.276. The SMILES string of the molecule is CCOc1ccc(C[C@@H]2c3cc(OCC)c(OCC)cc3CCN2C(=O)c2cc(Cl)ccc2OC)cc1OCC. The number of hydrogen-bond acceptors (Lipinski definition) is 6. The Morgan fingerprint density at radius 3 is 2.05 bits per heavy atom. The molecule has 3 aromatic rings. The van der Waals surface area contributed by atoms with E-state index in [0.29, 0.717) is 79.4 Å². The van der Waals surface area contributed by atoms with Gasteiger partial charge in [0.25, 0.3) is 5.91 Å². The van der Waals surface area contributed by atoms with Crippen LogP contribution in [0.1, 0.15) is 60.8 Å². The Bertz CT molecular complexity index is 1330. The van der Waals surface area contributed by atoms with Gasteiger partial charge in [-0.15, -0.1) is 0 Å². The van der Waals surface area contributed by atoms with Gasteiger partial charge in [-0.25, -0.2) is 0 Å². The zero-order valence-corrected chi connectivity index (χ0v) is 24.7. The second-order valence-corrected chi connectivity index (χ2v) is 9.76. The molecule has 4 rings (SSSR count). The van der Waals surface area contributed by atoms with Gasteiger partial charge in [0, 0.05) is 11.6 Å². The Kier molecular flexibility index (Phi) is 10.0. The lowest BCUT2D eigenvalue weighted by atomic mass is 9.87. The maximum absolute atomic E-state index is 14.1. The van der Waals surface area contributed by atoms with E-state index in [4.69, 9.17) is 35.3 Å². The summed E-state index contributed by atoms with van der Waals surface area (Å²) in [5, 5.41) is 0.478. The quantitative estimate of drug-likeness (QED) is 0.236. The van der Waals surface area contributed by atoms with Crippen molar-refractivity contribution in [3.8, 4) is 28.7 Å². The van der Waals surface area contributed by atoms with Gasteiger partial charge in [-0.1, -0.05) is 17.7 Å². The van der Waals surface area contributed by atoms with Crippen LogP contribution in [0.5, 0.6) is 28.7 Å². The first-order valence-electron chi connectivity index (χ1n) is 13.9. The van der Waals surface area contributed by atoms with Crippen LogP contribution in [0.4, 0.5) is 0 Å². The summed E-state index contributed by atoms with van der Waals surface area (Å²) in [7, 11) is 1.56. The van der Waals surface area contributed by atoms with E-state index in [1.807, 2.05) is 56.9 Å². The molecule has 214 valence electrons. The molecule has 0 unspecified atom stereocenters. The predicted octanol–water partition coefficient (Wildman–Crippen LogP) is 6.93. The number of carbonyl (C=O) groups excluding carboxylic acids is 1. The summed E-state index contributed by atoms with van der Waals surface area (Å²) in [4.78, 5) is 16.0. The van der Waals surface area contributed by atoms with Crippen molar-refractivity contribution in [2.24, 2.45) is 0 Å². The zero-order chi connectivity index (χ0) is 28.6. The maximum atomic E-state index is 14.1. The van der Waals surface area contributed by atoms with Crippen molar-refractivity contribution < 1.29 is 28.5 Å². The topological polar surface area (TPSA) is 66.5 Å². The molecule has 0 saturated carbocycles. The van der Waals surface area contributed by atoms with Crippen molar-refractivity contribution in [3.05, 3.63) is 75.8 Å². The van der Waals surface area contributed by atoms with E-state index in [2.05, 4.69) is 6.07 Å². The molecule has 1 aliphatic rings. The summed E-state index contributed by atoms with van der Waals surface area (Å²) in [6, 6.07) is 14.9. The fraction of sp³-hybridized carbons (Fsp3) is 0.406. The van der Waals surface area contributed by atoms with Crippen LogP contribution in [-0.2, 0) is 12.8 Å². The Hall–Kier alpha value is -3.58. The highest BCUT2D eigenvalue weighted by Crippen LogP contribution is 2.42. The van der Waals surface area contributed by atoms with Gasteiger partial charge in [0.2, 0.25) is 0 Å². The summed E-state index contributed by atoms with van der Waals surface area (Å²) in [6.07, 6.45) is 1.24. The molecule has 0 radical (unpaired) electrons. The van der Waals surface area contributed by atoms with Gasteiger partial charge in [0.05, 0.1) is 45.1 Å². The summed E-state index contributed by atoms with van der Waals surface area (Å²) in [5.41, 5.74) is 3.61. The number of carbonyl (C=O) groups is 1. The fourth-order valence-corrected chi connectivity index (χ4v) is 5.33. The van der Waals surface area contributed by atoms with Gasteiger partial charge < -0.3 is 28.6 Å². The molecule has 1 atom stereocenters. The third-order valence-corrected chi connectivity index (χ3v) is 7.09. The molecule has 0 fully saturated rings.